The summed E-state index contributed by atoms with van der Waals surface area (Å²) in [5.41, 5.74) is 9.16. The van der Waals surface area contributed by atoms with Gasteiger partial charge in [0, 0.05) is 6.54 Å². The van der Waals surface area contributed by atoms with E-state index >= 15 is 0 Å². The van der Waals surface area contributed by atoms with Gasteiger partial charge in [0.1, 0.15) is 0 Å². The Balaban J connectivity index is 3.20. The van der Waals surface area contributed by atoms with Crippen LogP contribution in [0.25, 0.3) is 0 Å². The highest BCUT2D eigenvalue weighted by Gasteiger charge is 2.25. The monoisotopic (exact) mass is 263 g/mol. The number of rotatable bonds is 7. The third-order valence-corrected chi connectivity index (χ3v) is 4.12. The van der Waals surface area contributed by atoms with E-state index in [0.717, 1.165) is 29.5 Å². The summed E-state index contributed by atoms with van der Waals surface area (Å²) in [5, 5.41) is 9.18. The average Bonchev–Trinajstić information content (AvgIpc) is 2.39. The number of benzene rings is 1. The summed E-state index contributed by atoms with van der Waals surface area (Å²) in [6, 6.07) is 6.06. The van der Waals surface area contributed by atoms with Gasteiger partial charge in [-0.2, -0.15) is 0 Å². The van der Waals surface area contributed by atoms with Crippen LogP contribution in [-0.4, -0.2) is 11.1 Å². The fourth-order valence-corrected chi connectivity index (χ4v) is 2.90. The SMILES string of the molecule is CCC(CC)C(CC(=O)O)c1cccc(CN)c1C. The topological polar surface area (TPSA) is 63.3 Å². The molecule has 0 aliphatic rings. The van der Waals surface area contributed by atoms with Crippen molar-refractivity contribution in [3.05, 3.63) is 34.9 Å². The molecule has 3 heteroatoms. The maximum Gasteiger partial charge on any atom is 0.303 e. The van der Waals surface area contributed by atoms with E-state index in [-0.39, 0.29) is 12.3 Å². The molecule has 1 aromatic rings. The second-order valence-electron chi connectivity index (χ2n) is 5.12. The molecule has 106 valence electrons. The molecule has 0 aliphatic carbocycles. The van der Waals surface area contributed by atoms with E-state index in [1.807, 2.05) is 12.1 Å². The maximum atomic E-state index is 11.2. The highest BCUT2D eigenvalue weighted by atomic mass is 16.4. The zero-order valence-corrected chi connectivity index (χ0v) is 12.1. The number of carboxylic acids is 1. The quantitative estimate of drug-likeness (QED) is 0.792. The third kappa shape index (κ3) is 3.80. The van der Waals surface area contributed by atoms with Gasteiger partial charge in [0.2, 0.25) is 0 Å². The summed E-state index contributed by atoms with van der Waals surface area (Å²) >= 11 is 0. The van der Waals surface area contributed by atoms with Gasteiger partial charge < -0.3 is 10.8 Å². The largest absolute Gasteiger partial charge is 0.481 e. The number of carbonyl (C=O) groups is 1. The van der Waals surface area contributed by atoms with Gasteiger partial charge in [-0.05, 0) is 35.4 Å². The third-order valence-electron chi connectivity index (χ3n) is 4.12. The minimum atomic E-state index is -0.727. The molecule has 3 nitrogen and oxygen atoms in total. The average molecular weight is 263 g/mol. The predicted molar refractivity (Wildman–Crippen MR) is 78.1 cm³/mol. The molecule has 1 aromatic carbocycles. The zero-order chi connectivity index (χ0) is 14.4. The highest BCUT2D eigenvalue weighted by Crippen LogP contribution is 2.35. The van der Waals surface area contributed by atoms with Crippen molar-refractivity contribution in [2.75, 3.05) is 0 Å². The van der Waals surface area contributed by atoms with Gasteiger partial charge in [-0.25, -0.2) is 0 Å². The Hall–Kier alpha value is -1.35. The second-order valence-corrected chi connectivity index (χ2v) is 5.12. The molecule has 1 atom stereocenters. The summed E-state index contributed by atoms with van der Waals surface area (Å²) in [5.74, 6) is -0.240. The first-order valence-electron chi connectivity index (χ1n) is 7.05. The van der Waals surface area contributed by atoms with Crippen molar-refractivity contribution in [3.63, 3.8) is 0 Å². The summed E-state index contributed by atoms with van der Waals surface area (Å²) in [4.78, 5) is 11.2. The van der Waals surface area contributed by atoms with Crippen LogP contribution in [0.15, 0.2) is 18.2 Å². The van der Waals surface area contributed by atoms with Crippen molar-refractivity contribution in [3.8, 4) is 0 Å². The van der Waals surface area contributed by atoms with Crippen molar-refractivity contribution in [1.29, 1.82) is 0 Å². The van der Waals surface area contributed by atoms with Gasteiger partial charge in [0.15, 0.2) is 0 Å². The van der Waals surface area contributed by atoms with E-state index in [0.29, 0.717) is 12.5 Å². The van der Waals surface area contributed by atoms with Crippen molar-refractivity contribution in [2.45, 2.75) is 52.5 Å². The van der Waals surface area contributed by atoms with E-state index in [2.05, 4.69) is 26.8 Å². The first-order valence-corrected chi connectivity index (χ1v) is 7.05. The molecular weight excluding hydrogens is 238 g/mol. The summed E-state index contributed by atoms with van der Waals surface area (Å²) in [6.07, 6.45) is 2.20. The van der Waals surface area contributed by atoms with E-state index in [9.17, 15) is 9.90 Å². The minimum Gasteiger partial charge on any atom is -0.481 e. The van der Waals surface area contributed by atoms with E-state index in [1.54, 1.807) is 0 Å². The Bertz CT molecular complexity index is 425. The molecule has 0 aliphatic heterocycles. The fraction of sp³-hybridized carbons (Fsp3) is 0.562. The molecule has 0 bridgehead atoms. The predicted octanol–water partition coefficient (Wildman–Crippen LogP) is 3.45. The Labute approximate surface area is 115 Å². The number of nitrogens with two attached hydrogens (primary N) is 1. The fourth-order valence-electron chi connectivity index (χ4n) is 2.90. The molecule has 3 N–H and O–H groups in total. The standard InChI is InChI=1S/C16H25NO2/c1-4-12(5-2)15(9-16(18)19)14-8-6-7-13(10-17)11(14)3/h6-8,12,15H,4-5,9-10,17H2,1-3H3,(H,18,19). The lowest BCUT2D eigenvalue weighted by Crippen LogP contribution is -2.17. The van der Waals surface area contributed by atoms with Crippen LogP contribution in [0.5, 0.6) is 0 Å². The number of aliphatic carboxylic acids is 1. The molecule has 1 rings (SSSR count). The van der Waals surface area contributed by atoms with Crippen LogP contribution in [0.1, 0.15) is 55.7 Å². The molecular formula is C16H25NO2. The summed E-state index contributed by atoms with van der Waals surface area (Å²) in [7, 11) is 0. The van der Waals surface area contributed by atoms with Crippen LogP contribution in [0, 0.1) is 12.8 Å². The molecule has 0 fully saturated rings. The van der Waals surface area contributed by atoms with Gasteiger partial charge in [-0.3, -0.25) is 4.79 Å². The molecule has 1 unspecified atom stereocenters. The van der Waals surface area contributed by atoms with E-state index in [4.69, 9.17) is 5.73 Å². The van der Waals surface area contributed by atoms with E-state index < -0.39 is 5.97 Å². The molecule has 0 heterocycles. The molecule has 19 heavy (non-hydrogen) atoms. The Morgan fingerprint density at radius 3 is 2.42 bits per heavy atom. The lowest BCUT2D eigenvalue weighted by molar-refractivity contribution is -0.137. The van der Waals surface area contributed by atoms with Gasteiger partial charge >= 0.3 is 5.97 Å². The van der Waals surface area contributed by atoms with Crippen LogP contribution in [0.2, 0.25) is 0 Å². The first-order chi connectivity index (χ1) is 9.04. The van der Waals surface area contributed by atoms with Crippen molar-refractivity contribution >= 4 is 5.97 Å². The minimum absolute atomic E-state index is 0.0824. The number of hydrogen-bond donors (Lipinski definition) is 2. The summed E-state index contributed by atoms with van der Waals surface area (Å²) < 4.78 is 0. The molecule has 0 amide bonds. The van der Waals surface area contributed by atoms with Gasteiger partial charge in [-0.1, -0.05) is 44.9 Å². The normalized spacial score (nSPS) is 12.7. The molecule has 0 saturated carbocycles. The molecule has 0 radical (unpaired) electrons. The van der Waals surface area contributed by atoms with Crippen LogP contribution in [0.3, 0.4) is 0 Å². The molecule has 0 spiro atoms. The number of hydrogen-bond acceptors (Lipinski definition) is 2. The second kappa shape index (κ2) is 7.29. The van der Waals surface area contributed by atoms with Gasteiger partial charge in [-0.15, -0.1) is 0 Å². The number of carboxylic acid groups (broad SMARTS) is 1. The smallest absolute Gasteiger partial charge is 0.303 e. The van der Waals surface area contributed by atoms with Crippen LogP contribution in [0.4, 0.5) is 0 Å². The maximum absolute atomic E-state index is 11.2. The van der Waals surface area contributed by atoms with Gasteiger partial charge in [0.25, 0.3) is 0 Å². The van der Waals surface area contributed by atoms with Crippen LogP contribution >= 0.6 is 0 Å². The van der Waals surface area contributed by atoms with Crippen molar-refractivity contribution in [2.24, 2.45) is 11.7 Å². The van der Waals surface area contributed by atoms with Crippen molar-refractivity contribution in [1.82, 2.24) is 0 Å². The first kappa shape index (κ1) is 15.7. The summed E-state index contributed by atoms with van der Waals surface area (Å²) in [6.45, 7) is 6.81. The highest BCUT2D eigenvalue weighted by molar-refractivity contribution is 5.68. The van der Waals surface area contributed by atoms with Crippen molar-refractivity contribution < 1.29 is 9.90 Å². The lowest BCUT2D eigenvalue weighted by atomic mass is 9.78. The Morgan fingerprint density at radius 1 is 1.32 bits per heavy atom. The zero-order valence-electron chi connectivity index (χ0n) is 12.1. The molecule has 0 saturated heterocycles. The lowest BCUT2D eigenvalue weighted by Gasteiger charge is -2.26. The van der Waals surface area contributed by atoms with Crippen LogP contribution < -0.4 is 5.73 Å². The Morgan fingerprint density at radius 2 is 1.95 bits per heavy atom. The molecule has 0 aromatic heterocycles. The van der Waals surface area contributed by atoms with Gasteiger partial charge in [0.05, 0.1) is 6.42 Å². The van der Waals surface area contributed by atoms with Crippen LogP contribution in [-0.2, 0) is 11.3 Å². The Kier molecular flexibility index (Phi) is 6.03. The van der Waals surface area contributed by atoms with E-state index in [1.165, 1.54) is 0 Å².